The highest BCUT2D eigenvalue weighted by Crippen LogP contribution is 2.20. The van der Waals surface area contributed by atoms with Gasteiger partial charge in [0.2, 0.25) is 5.82 Å². The van der Waals surface area contributed by atoms with Crippen LogP contribution in [0.15, 0.2) is 42.7 Å². The minimum absolute atomic E-state index is 0.245. The van der Waals surface area contributed by atoms with E-state index in [-0.39, 0.29) is 11.4 Å². The zero-order valence-electron chi connectivity index (χ0n) is 10.8. The van der Waals surface area contributed by atoms with E-state index in [1.165, 1.54) is 6.20 Å². The van der Waals surface area contributed by atoms with Crippen molar-refractivity contribution in [2.45, 2.75) is 0 Å². The number of hydrogen-bond acceptors (Lipinski definition) is 6. The number of benzene rings is 1. The molecule has 0 atom stereocenters. The zero-order chi connectivity index (χ0) is 14.5. The number of nitrogens with zero attached hydrogens (tertiary/aromatic N) is 5. The van der Waals surface area contributed by atoms with E-state index < -0.39 is 0 Å². The SMILES string of the molecule is N#CC(=CNc1cccc(-c2ccn[nH]2)c1)c1nn[nH]n1. The van der Waals surface area contributed by atoms with Crippen LogP contribution in [0.5, 0.6) is 0 Å². The van der Waals surface area contributed by atoms with E-state index in [4.69, 9.17) is 5.26 Å². The molecule has 2 aromatic heterocycles. The second-order valence-electron chi connectivity index (χ2n) is 4.10. The lowest BCUT2D eigenvalue weighted by atomic mass is 10.1. The Kier molecular flexibility index (Phi) is 3.39. The van der Waals surface area contributed by atoms with Crippen LogP contribution in [0.25, 0.3) is 16.8 Å². The third kappa shape index (κ3) is 2.76. The van der Waals surface area contributed by atoms with Gasteiger partial charge in [-0.05, 0) is 23.4 Å². The monoisotopic (exact) mass is 278 g/mol. The minimum Gasteiger partial charge on any atom is -0.360 e. The standard InChI is InChI=1S/C13H10N8/c14-7-10(13-18-20-21-19-13)8-15-11-3-1-2-9(6-11)12-4-5-16-17-12/h1-6,8,15H,(H,16,17)(H,18,19,20,21). The molecule has 0 amide bonds. The largest absolute Gasteiger partial charge is 0.360 e. The summed E-state index contributed by atoms with van der Waals surface area (Å²) in [4.78, 5) is 0. The number of allylic oxidation sites excluding steroid dienone is 1. The van der Waals surface area contributed by atoms with Gasteiger partial charge in [0.05, 0.1) is 5.69 Å². The van der Waals surface area contributed by atoms with Crippen molar-refractivity contribution in [2.75, 3.05) is 5.32 Å². The number of tetrazole rings is 1. The Labute approximate surface area is 119 Å². The van der Waals surface area contributed by atoms with Crippen LogP contribution in [0.2, 0.25) is 0 Å². The van der Waals surface area contributed by atoms with Gasteiger partial charge >= 0.3 is 0 Å². The molecule has 3 aromatic rings. The van der Waals surface area contributed by atoms with Crippen LogP contribution < -0.4 is 5.32 Å². The first-order valence-electron chi connectivity index (χ1n) is 6.07. The van der Waals surface area contributed by atoms with E-state index in [9.17, 15) is 0 Å². The number of rotatable bonds is 4. The Morgan fingerprint density at radius 2 is 2.29 bits per heavy atom. The van der Waals surface area contributed by atoms with Crippen molar-refractivity contribution in [2.24, 2.45) is 0 Å². The molecule has 0 spiro atoms. The number of hydrogen-bond donors (Lipinski definition) is 3. The highest BCUT2D eigenvalue weighted by molar-refractivity contribution is 5.74. The Bertz CT molecular complexity index is 780. The highest BCUT2D eigenvalue weighted by Gasteiger charge is 2.05. The third-order valence-electron chi connectivity index (χ3n) is 2.76. The molecule has 3 N–H and O–H groups in total. The van der Waals surface area contributed by atoms with Gasteiger partial charge in [0.15, 0.2) is 0 Å². The van der Waals surface area contributed by atoms with Gasteiger partial charge in [0, 0.05) is 23.6 Å². The topological polar surface area (TPSA) is 119 Å². The number of anilines is 1. The van der Waals surface area contributed by atoms with E-state index in [1.54, 1.807) is 6.20 Å². The normalized spacial score (nSPS) is 11.1. The molecule has 0 unspecified atom stereocenters. The van der Waals surface area contributed by atoms with Gasteiger partial charge in [-0.15, -0.1) is 10.2 Å². The van der Waals surface area contributed by atoms with Crippen molar-refractivity contribution < 1.29 is 0 Å². The van der Waals surface area contributed by atoms with Gasteiger partial charge in [-0.25, -0.2) is 0 Å². The Balaban J connectivity index is 1.82. The fourth-order valence-corrected chi connectivity index (χ4v) is 1.77. The maximum atomic E-state index is 9.09. The van der Waals surface area contributed by atoms with E-state index in [1.807, 2.05) is 36.4 Å². The first kappa shape index (κ1) is 12.6. The molecule has 102 valence electrons. The van der Waals surface area contributed by atoms with Crippen molar-refractivity contribution in [3.05, 3.63) is 48.6 Å². The summed E-state index contributed by atoms with van der Waals surface area (Å²) in [5.74, 6) is 0.245. The second-order valence-corrected chi connectivity index (χ2v) is 4.10. The van der Waals surface area contributed by atoms with Gasteiger partial charge < -0.3 is 5.32 Å². The lowest BCUT2D eigenvalue weighted by Gasteiger charge is -2.03. The molecule has 1 aromatic carbocycles. The number of nitriles is 1. The van der Waals surface area contributed by atoms with Crippen LogP contribution in [0.1, 0.15) is 5.82 Å². The predicted octanol–water partition coefficient (Wildman–Crippen LogP) is 1.57. The lowest BCUT2D eigenvalue weighted by molar-refractivity contribution is 0.881. The fourth-order valence-electron chi connectivity index (χ4n) is 1.77. The van der Waals surface area contributed by atoms with Crippen LogP contribution in [-0.4, -0.2) is 30.8 Å². The summed E-state index contributed by atoms with van der Waals surface area (Å²) in [6.45, 7) is 0. The summed E-state index contributed by atoms with van der Waals surface area (Å²) < 4.78 is 0. The maximum absolute atomic E-state index is 9.09. The molecule has 8 heteroatoms. The van der Waals surface area contributed by atoms with Crippen LogP contribution >= 0.6 is 0 Å². The average molecular weight is 278 g/mol. The van der Waals surface area contributed by atoms with E-state index >= 15 is 0 Å². The molecule has 0 aliphatic heterocycles. The molecule has 2 heterocycles. The molecular formula is C13H10N8. The Hall–Kier alpha value is -3.47. The van der Waals surface area contributed by atoms with Gasteiger partial charge in [0.25, 0.3) is 0 Å². The Morgan fingerprint density at radius 3 is 3.00 bits per heavy atom. The van der Waals surface area contributed by atoms with Crippen molar-refractivity contribution in [1.29, 1.82) is 5.26 Å². The molecule has 21 heavy (non-hydrogen) atoms. The highest BCUT2D eigenvalue weighted by atomic mass is 15.5. The zero-order valence-corrected chi connectivity index (χ0v) is 10.8. The summed E-state index contributed by atoms with van der Waals surface area (Å²) in [6, 6.07) is 11.6. The van der Waals surface area contributed by atoms with Gasteiger partial charge in [-0.1, -0.05) is 12.1 Å². The molecule has 0 aliphatic rings. The summed E-state index contributed by atoms with van der Waals surface area (Å²) in [5.41, 5.74) is 3.03. The smallest absolute Gasteiger partial charge is 0.216 e. The van der Waals surface area contributed by atoms with Crippen LogP contribution in [0, 0.1) is 11.3 Å². The minimum atomic E-state index is 0.245. The van der Waals surface area contributed by atoms with Gasteiger partial charge in [-0.2, -0.15) is 15.6 Å². The van der Waals surface area contributed by atoms with Crippen LogP contribution in [0.4, 0.5) is 5.69 Å². The molecule has 0 fully saturated rings. The molecule has 0 aliphatic carbocycles. The predicted molar refractivity (Wildman–Crippen MR) is 75.4 cm³/mol. The summed E-state index contributed by atoms with van der Waals surface area (Å²) in [5, 5.41) is 32.2. The molecule has 0 radical (unpaired) electrons. The van der Waals surface area contributed by atoms with Gasteiger partial charge in [0.1, 0.15) is 11.6 Å². The van der Waals surface area contributed by atoms with E-state index in [2.05, 4.69) is 36.1 Å². The molecule has 8 nitrogen and oxygen atoms in total. The summed E-state index contributed by atoms with van der Waals surface area (Å²) >= 11 is 0. The molecule has 0 bridgehead atoms. The number of aromatic amines is 2. The maximum Gasteiger partial charge on any atom is 0.216 e. The third-order valence-corrected chi connectivity index (χ3v) is 2.76. The lowest BCUT2D eigenvalue weighted by Crippen LogP contribution is -1.93. The number of aromatic nitrogens is 6. The Morgan fingerprint density at radius 1 is 1.33 bits per heavy atom. The number of nitrogens with one attached hydrogen (secondary N) is 3. The second kappa shape index (κ2) is 5.66. The molecule has 3 rings (SSSR count). The molecule has 0 saturated heterocycles. The fraction of sp³-hybridized carbons (Fsp3) is 0. The quantitative estimate of drug-likeness (QED) is 0.623. The van der Waals surface area contributed by atoms with Crippen molar-refractivity contribution >= 4 is 11.3 Å². The number of H-pyrrole nitrogens is 2. The van der Waals surface area contributed by atoms with Crippen molar-refractivity contribution in [1.82, 2.24) is 30.8 Å². The van der Waals surface area contributed by atoms with E-state index in [0.29, 0.717) is 0 Å². The van der Waals surface area contributed by atoms with E-state index in [0.717, 1.165) is 16.9 Å². The molecular weight excluding hydrogens is 268 g/mol. The van der Waals surface area contributed by atoms with Crippen molar-refractivity contribution in [3.63, 3.8) is 0 Å². The van der Waals surface area contributed by atoms with Crippen LogP contribution in [0.3, 0.4) is 0 Å². The first-order valence-corrected chi connectivity index (χ1v) is 6.07. The summed E-state index contributed by atoms with van der Waals surface area (Å²) in [7, 11) is 0. The first-order chi connectivity index (χ1) is 10.4. The average Bonchev–Trinajstić information content (AvgIpc) is 3.22. The summed E-state index contributed by atoms with van der Waals surface area (Å²) in [6.07, 6.45) is 3.23. The van der Waals surface area contributed by atoms with Crippen molar-refractivity contribution in [3.8, 4) is 17.3 Å². The van der Waals surface area contributed by atoms with Gasteiger partial charge in [-0.3, -0.25) is 5.10 Å². The molecule has 0 saturated carbocycles. The van der Waals surface area contributed by atoms with Crippen LogP contribution in [-0.2, 0) is 0 Å².